The molecule has 13 heavy (non-hydrogen) atoms. The molecule has 1 aromatic rings. The van der Waals surface area contributed by atoms with Gasteiger partial charge in [0, 0.05) is 12.2 Å². The number of hydrogen-bond donors (Lipinski definition) is 2. The van der Waals surface area contributed by atoms with Gasteiger partial charge in [-0.05, 0) is 20.8 Å². The Bertz CT molecular complexity index is 337. The molecule has 1 rings (SSSR count). The number of aromatic nitrogens is 2. The fourth-order valence-electron chi connectivity index (χ4n) is 1.44. The molecule has 0 spiro atoms. The van der Waals surface area contributed by atoms with Crippen LogP contribution in [0.2, 0.25) is 0 Å². The number of hydrazone groups is 1. The van der Waals surface area contributed by atoms with E-state index in [4.69, 9.17) is 11.6 Å². The van der Waals surface area contributed by atoms with Gasteiger partial charge in [-0.1, -0.05) is 0 Å². The molecule has 5 heteroatoms. The molecule has 5 nitrogen and oxygen atoms in total. The molecule has 0 saturated heterocycles. The zero-order valence-electron chi connectivity index (χ0n) is 8.20. The molecule has 1 heterocycles. The fraction of sp³-hybridized carbons (Fsp3) is 0.500. The summed E-state index contributed by atoms with van der Waals surface area (Å²) in [6, 6.07) is 0. The monoisotopic (exact) mass is 181 g/mol. The van der Waals surface area contributed by atoms with Gasteiger partial charge < -0.3 is 11.6 Å². The Kier molecular flexibility index (Phi) is 2.55. The van der Waals surface area contributed by atoms with E-state index in [-0.39, 0.29) is 0 Å². The molecule has 0 bridgehead atoms. The van der Waals surface area contributed by atoms with Gasteiger partial charge in [-0.15, -0.1) is 0 Å². The van der Waals surface area contributed by atoms with Crippen LogP contribution < -0.4 is 11.6 Å². The van der Waals surface area contributed by atoms with Crippen LogP contribution in [0.5, 0.6) is 0 Å². The zero-order valence-corrected chi connectivity index (χ0v) is 8.20. The summed E-state index contributed by atoms with van der Waals surface area (Å²) in [6.45, 7) is 6.70. The predicted octanol–water partition coefficient (Wildman–Crippen LogP) is 0.0988. The van der Waals surface area contributed by atoms with Crippen LogP contribution in [0.15, 0.2) is 5.10 Å². The second-order valence-electron chi connectivity index (χ2n) is 2.88. The van der Waals surface area contributed by atoms with Crippen molar-refractivity contribution >= 4 is 5.84 Å². The molecule has 0 aliphatic heterocycles. The highest BCUT2D eigenvalue weighted by atomic mass is 15.3. The van der Waals surface area contributed by atoms with Crippen LogP contribution >= 0.6 is 0 Å². The Balaban J connectivity index is 3.28. The number of nitrogens with zero attached hydrogens (tertiary/aromatic N) is 3. The lowest BCUT2D eigenvalue weighted by Gasteiger charge is -2.00. The van der Waals surface area contributed by atoms with Gasteiger partial charge in [0.25, 0.3) is 0 Å². The third kappa shape index (κ3) is 1.49. The lowest BCUT2D eigenvalue weighted by Crippen LogP contribution is -2.17. The van der Waals surface area contributed by atoms with E-state index in [9.17, 15) is 0 Å². The summed E-state index contributed by atoms with van der Waals surface area (Å²) in [6.07, 6.45) is 0. The predicted molar refractivity (Wildman–Crippen MR) is 52.3 cm³/mol. The summed E-state index contributed by atoms with van der Waals surface area (Å²) in [5.41, 5.74) is 8.36. The van der Waals surface area contributed by atoms with E-state index in [1.807, 2.05) is 25.5 Å². The third-order valence-corrected chi connectivity index (χ3v) is 2.08. The fourth-order valence-corrected chi connectivity index (χ4v) is 1.44. The summed E-state index contributed by atoms with van der Waals surface area (Å²) >= 11 is 0. The molecule has 0 aliphatic carbocycles. The Morgan fingerprint density at radius 2 is 2.15 bits per heavy atom. The summed E-state index contributed by atoms with van der Waals surface area (Å²) in [5.74, 6) is 5.46. The molecule has 4 N–H and O–H groups in total. The Morgan fingerprint density at radius 3 is 2.54 bits per heavy atom. The van der Waals surface area contributed by atoms with E-state index < -0.39 is 0 Å². The van der Waals surface area contributed by atoms with E-state index in [1.54, 1.807) is 0 Å². The van der Waals surface area contributed by atoms with E-state index in [0.717, 1.165) is 23.5 Å². The van der Waals surface area contributed by atoms with Crippen molar-refractivity contribution in [3.05, 3.63) is 17.0 Å². The first-order valence-corrected chi connectivity index (χ1v) is 4.19. The zero-order chi connectivity index (χ0) is 10.0. The van der Waals surface area contributed by atoms with Crippen molar-refractivity contribution in [3.63, 3.8) is 0 Å². The molecule has 0 radical (unpaired) electrons. The first-order chi connectivity index (χ1) is 6.11. The van der Waals surface area contributed by atoms with Crippen LogP contribution in [0.25, 0.3) is 0 Å². The van der Waals surface area contributed by atoms with E-state index >= 15 is 0 Å². The van der Waals surface area contributed by atoms with E-state index in [1.165, 1.54) is 0 Å². The van der Waals surface area contributed by atoms with Crippen LogP contribution in [-0.4, -0.2) is 15.6 Å². The van der Waals surface area contributed by atoms with E-state index in [0.29, 0.717) is 5.84 Å². The minimum Gasteiger partial charge on any atom is -0.382 e. The van der Waals surface area contributed by atoms with Crippen LogP contribution in [0, 0.1) is 13.8 Å². The highest BCUT2D eigenvalue weighted by Crippen LogP contribution is 2.11. The maximum absolute atomic E-state index is 5.64. The minimum absolute atomic E-state index is 0.342. The second-order valence-corrected chi connectivity index (χ2v) is 2.88. The van der Waals surface area contributed by atoms with Crippen molar-refractivity contribution < 1.29 is 0 Å². The van der Waals surface area contributed by atoms with Crippen molar-refractivity contribution in [1.82, 2.24) is 9.78 Å². The molecule has 0 amide bonds. The van der Waals surface area contributed by atoms with Gasteiger partial charge in [0.05, 0.1) is 11.3 Å². The Hall–Kier alpha value is -1.52. The second kappa shape index (κ2) is 3.47. The molecule has 0 unspecified atom stereocenters. The Morgan fingerprint density at radius 1 is 1.54 bits per heavy atom. The summed E-state index contributed by atoms with van der Waals surface area (Å²) < 4.78 is 1.88. The largest absolute Gasteiger partial charge is 0.382 e. The molecule has 0 aliphatic rings. The first-order valence-electron chi connectivity index (χ1n) is 4.19. The molecule has 72 valence electrons. The molecule has 1 aromatic heterocycles. The quantitative estimate of drug-likeness (QED) is 0.294. The molecule has 0 aromatic carbocycles. The topological polar surface area (TPSA) is 82.2 Å². The molecular weight excluding hydrogens is 166 g/mol. The van der Waals surface area contributed by atoms with Crippen molar-refractivity contribution in [2.45, 2.75) is 27.3 Å². The van der Waals surface area contributed by atoms with Gasteiger partial charge in [-0.2, -0.15) is 10.2 Å². The number of nitrogens with two attached hydrogens (primary N) is 2. The maximum Gasteiger partial charge on any atom is 0.154 e. The smallest absolute Gasteiger partial charge is 0.154 e. The molecule has 0 saturated carbocycles. The lowest BCUT2D eigenvalue weighted by atomic mass is 10.2. The van der Waals surface area contributed by atoms with Crippen LogP contribution in [0.4, 0.5) is 0 Å². The number of amidine groups is 1. The number of hydrogen-bond acceptors (Lipinski definition) is 3. The average molecular weight is 181 g/mol. The van der Waals surface area contributed by atoms with Crippen LogP contribution in [-0.2, 0) is 6.54 Å². The standard InChI is InChI=1S/C8H15N5/c1-4-13-6(3)7(5(2)12-13)8(9)11-10/h4,10H2,1-3H3,(H2,9,11). The van der Waals surface area contributed by atoms with Crippen molar-refractivity contribution in [3.8, 4) is 0 Å². The highest BCUT2D eigenvalue weighted by Gasteiger charge is 2.13. The Labute approximate surface area is 77.4 Å². The summed E-state index contributed by atoms with van der Waals surface area (Å²) in [4.78, 5) is 0. The van der Waals surface area contributed by atoms with Gasteiger partial charge in [0.2, 0.25) is 0 Å². The number of aryl methyl sites for hydroxylation is 2. The van der Waals surface area contributed by atoms with Gasteiger partial charge >= 0.3 is 0 Å². The highest BCUT2D eigenvalue weighted by molar-refractivity contribution is 5.99. The lowest BCUT2D eigenvalue weighted by molar-refractivity contribution is 0.634. The van der Waals surface area contributed by atoms with Gasteiger partial charge in [0.1, 0.15) is 0 Å². The van der Waals surface area contributed by atoms with Gasteiger partial charge in [0.15, 0.2) is 5.84 Å². The first kappa shape index (κ1) is 9.57. The summed E-state index contributed by atoms with van der Waals surface area (Å²) in [5, 5.41) is 7.77. The average Bonchev–Trinajstić information content (AvgIpc) is 2.40. The van der Waals surface area contributed by atoms with Crippen LogP contribution in [0.1, 0.15) is 23.9 Å². The maximum atomic E-state index is 5.64. The number of rotatable bonds is 2. The van der Waals surface area contributed by atoms with Crippen molar-refractivity contribution in [2.75, 3.05) is 0 Å². The summed E-state index contributed by atoms with van der Waals surface area (Å²) in [7, 11) is 0. The van der Waals surface area contributed by atoms with Crippen molar-refractivity contribution in [1.29, 1.82) is 0 Å². The molecule has 0 fully saturated rings. The normalized spacial score (nSPS) is 12.1. The SMILES string of the molecule is CCn1nc(C)c(/C(N)=N/N)c1C. The van der Waals surface area contributed by atoms with Gasteiger partial charge in [-0.25, -0.2) is 0 Å². The van der Waals surface area contributed by atoms with E-state index in [2.05, 4.69) is 10.2 Å². The van der Waals surface area contributed by atoms with Crippen molar-refractivity contribution in [2.24, 2.45) is 16.7 Å². The van der Waals surface area contributed by atoms with Gasteiger partial charge in [-0.3, -0.25) is 4.68 Å². The molecule has 0 atom stereocenters. The minimum atomic E-state index is 0.342. The third-order valence-electron chi connectivity index (χ3n) is 2.08. The molecular formula is C8H15N5. The van der Waals surface area contributed by atoms with Crippen LogP contribution in [0.3, 0.4) is 0 Å².